The van der Waals surface area contributed by atoms with E-state index in [0.29, 0.717) is 5.02 Å². The zero-order valence-corrected chi connectivity index (χ0v) is 9.78. The van der Waals surface area contributed by atoms with Gasteiger partial charge in [-0.3, -0.25) is 4.98 Å². The lowest BCUT2D eigenvalue weighted by atomic mass is 10.0. The lowest BCUT2D eigenvalue weighted by Crippen LogP contribution is -2.18. The van der Waals surface area contributed by atoms with Crippen molar-refractivity contribution in [3.8, 4) is 0 Å². The molecule has 0 saturated heterocycles. The molecule has 2 aromatic rings. The molecule has 0 aliphatic rings. The van der Waals surface area contributed by atoms with Crippen molar-refractivity contribution in [2.45, 2.75) is 6.04 Å². The van der Waals surface area contributed by atoms with Gasteiger partial charge < -0.3 is 5.32 Å². The Kier molecular flexibility index (Phi) is 3.54. The zero-order chi connectivity index (χ0) is 11.4. The fourth-order valence-corrected chi connectivity index (χ4v) is 1.80. The third-order valence-corrected chi connectivity index (χ3v) is 2.69. The molecule has 1 atom stereocenters. The van der Waals surface area contributed by atoms with E-state index in [-0.39, 0.29) is 6.04 Å². The van der Waals surface area contributed by atoms with Crippen molar-refractivity contribution >= 4 is 11.6 Å². The molecule has 2 rings (SSSR count). The Bertz CT molecular complexity index is 439. The lowest BCUT2D eigenvalue weighted by Gasteiger charge is -2.15. The number of hydrogen-bond acceptors (Lipinski definition) is 2. The van der Waals surface area contributed by atoms with Gasteiger partial charge in [-0.2, -0.15) is 0 Å². The molecule has 0 amide bonds. The van der Waals surface area contributed by atoms with Gasteiger partial charge >= 0.3 is 0 Å². The van der Waals surface area contributed by atoms with Crippen LogP contribution >= 0.6 is 11.6 Å². The molecule has 0 aliphatic heterocycles. The summed E-state index contributed by atoms with van der Waals surface area (Å²) in [5.41, 5.74) is 2.16. The van der Waals surface area contributed by atoms with Crippen LogP contribution in [0, 0.1) is 0 Å². The highest BCUT2D eigenvalue weighted by atomic mass is 35.5. The molecular weight excluding hydrogens is 220 g/mol. The number of rotatable bonds is 3. The first-order valence-corrected chi connectivity index (χ1v) is 5.52. The first-order valence-electron chi connectivity index (χ1n) is 5.15. The number of benzene rings is 1. The molecule has 0 bridgehead atoms. The van der Waals surface area contributed by atoms with Gasteiger partial charge in [-0.05, 0) is 24.7 Å². The molecule has 0 radical (unpaired) electrons. The average molecular weight is 233 g/mol. The maximum Gasteiger partial charge on any atom is 0.0748 e. The predicted molar refractivity (Wildman–Crippen MR) is 66.6 cm³/mol. The summed E-state index contributed by atoms with van der Waals surface area (Å²) in [6, 6.07) is 14.1. The van der Waals surface area contributed by atoms with Gasteiger partial charge in [-0.25, -0.2) is 0 Å². The summed E-state index contributed by atoms with van der Waals surface area (Å²) >= 11 is 5.82. The second-order valence-electron chi connectivity index (χ2n) is 3.53. The number of halogens is 1. The van der Waals surface area contributed by atoms with Crippen LogP contribution in [0.15, 0.2) is 48.7 Å². The third-order valence-electron chi connectivity index (χ3n) is 2.47. The van der Waals surface area contributed by atoms with Gasteiger partial charge in [-0.1, -0.05) is 41.9 Å². The van der Waals surface area contributed by atoms with Crippen LogP contribution in [0.3, 0.4) is 0 Å². The summed E-state index contributed by atoms with van der Waals surface area (Å²) in [5, 5.41) is 3.91. The van der Waals surface area contributed by atoms with Crippen LogP contribution in [-0.2, 0) is 0 Å². The van der Waals surface area contributed by atoms with Crippen molar-refractivity contribution in [1.29, 1.82) is 0 Å². The Morgan fingerprint density at radius 2 is 1.88 bits per heavy atom. The molecule has 0 fully saturated rings. The Labute approximate surface area is 100 Å². The zero-order valence-electron chi connectivity index (χ0n) is 9.02. The highest BCUT2D eigenvalue weighted by Gasteiger charge is 2.12. The van der Waals surface area contributed by atoms with Crippen LogP contribution < -0.4 is 5.32 Å². The van der Waals surface area contributed by atoms with E-state index >= 15 is 0 Å². The van der Waals surface area contributed by atoms with Gasteiger partial charge in [0, 0.05) is 6.20 Å². The van der Waals surface area contributed by atoms with Crippen molar-refractivity contribution < 1.29 is 0 Å². The molecule has 1 aromatic carbocycles. The van der Waals surface area contributed by atoms with E-state index < -0.39 is 0 Å². The highest BCUT2D eigenvalue weighted by molar-refractivity contribution is 6.30. The summed E-state index contributed by atoms with van der Waals surface area (Å²) in [5.74, 6) is 0. The molecule has 2 nitrogen and oxygen atoms in total. The highest BCUT2D eigenvalue weighted by Crippen LogP contribution is 2.20. The van der Waals surface area contributed by atoms with Crippen molar-refractivity contribution in [2.24, 2.45) is 0 Å². The first-order chi connectivity index (χ1) is 7.81. The van der Waals surface area contributed by atoms with Crippen LogP contribution in [0.5, 0.6) is 0 Å². The van der Waals surface area contributed by atoms with Crippen molar-refractivity contribution in [2.75, 3.05) is 7.05 Å². The minimum absolute atomic E-state index is 0.110. The smallest absolute Gasteiger partial charge is 0.0748 e. The maximum atomic E-state index is 5.82. The first kappa shape index (κ1) is 11.1. The quantitative estimate of drug-likeness (QED) is 0.880. The molecule has 0 aliphatic carbocycles. The molecule has 3 heteroatoms. The molecule has 0 spiro atoms. The molecule has 82 valence electrons. The van der Waals surface area contributed by atoms with Crippen molar-refractivity contribution in [1.82, 2.24) is 10.3 Å². The van der Waals surface area contributed by atoms with E-state index in [0.717, 1.165) is 5.69 Å². The Morgan fingerprint density at radius 1 is 1.12 bits per heavy atom. The SMILES string of the molecule is CNC(c1ccccc1)c1ccc(Cl)cn1. The standard InChI is InChI=1S/C13H13ClN2/c1-15-13(10-5-3-2-4-6-10)12-8-7-11(14)9-16-12/h2-9,13,15H,1H3. The molecule has 16 heavy (non-hydrogen) atoms. The fraction of sp³-hybridized carbons (Fsp3) is 0.154. The third kappa shape index (κ3) is 2.40. The molecule has 1 aromatic heterocycles. The van der Waals surface area contributed by atoms with E-state index in [4.69, 9.17) is 11.6 Å². The molecular formula is C13H13ClN2. The van der Waals surface area contributed by atoms with Crippen LogP contribution in [0.4, 0.5) is 0 Å². The monoisotopic (exact) mass is 232 g/mol. The number of aromatic nitrogens is 1. The Morgan fingerprint density at radius 3 is 2.44 bits per heavy atom. The van der Waals surface area contributed by atoms with E-state index in [2.05, 4.69) is 22.4 Å². The van der Waals surface area contributed by atoms with E-state index in [1.165, 1.54) is 5.56 Å². The van der Waals surface area contributed by atoms with Gasteiger partial charge in [0.1, 0.15) is 0 Å². The summed E-state index contributed by atoms with van der Waals surface area (Å²) in [6.07, 6.45) is 1.67. The van der Waals surface area contributed by atoms with Gasteiger partial charge in [0.15, 0.2) is 0 Å². The summed E-state index contributed by atoms with van der Waals surface area (Å²) < 4.78 is 0. The van der Waals surface area contributed by atoms with E-state index in [1.807, 2.05) is 37.4 Å². The minimum Gasteiger partial charge on any atom is -0.308 e. The average Bonchev–Trinajstić information content (AvgIpc) is 2.34. The second kappa shape index (κ2) is 5.10. The van der Waals surface area contributed by atoms with Crippen molar-refractivity contribution in [3.05, 3.63) is 64.9 Å². The fourth-order valence-electron chi connectivity index (χ4n) is 1.69. The van der Waals surface area contributed by atoms with Gasteiger partial charge in [-0.15, -0.1) is 0 Å². The number of pyridine rings is 1. The van der Waals surface area contributed by atoms with Gasteiger partial charge in [0.2, 0.25) is 0 Å². The number of nitrogens with zero attached hydrogens (tertiary/aromatic N) is 1. The molecule has 0 saturated carbocycles. The Hall–Kier alpha value is -1.38. The van der Waals surface area contributed by atoms with Crippen LogP contribution in [-0.4, -0.2) is 12.0 Å². The number of hydrogen-bond donors (Lipinski definition) is 1. The van der Waals surface area contributed by atoms with Crippen molar-refractivity contribution in [3.63, 3.8) is 0 Å². The lowest BCUT2D eigenvalue weighted by molar-refractivity contribution is 0.671. The van der Waals surface area contributed by atoms with E-state index in [1.54, 1.807) is 6.20 Å². The second-order valence-corrected chi connectivity index (χ2v) is 3.97. The maximum absolute atomic E-state index is 5.82. The number of nitrogens with one attached hydrogen (secondary N) is 1. The topological polar surface area (TPSA) is 24.9 Å². The van der Waals surface area contributed by atoms with Gasteiger partial charge in [0.25, 0.3) is 0 Å². The molecule has 1 heterocycles. The van der Waals surface area contributed by atoms with E-state index in [9.17, 15) is 0 Å². The summed E-state index contributed by atoms with van der Waals surface area (Å²) in [7, 11) is 1.92. The van der Waals surface area contributed by atoms with Gasteiger partial charge in [0.05, 0.1) is 16.8 Å². The molecule has 1 unspecified atom stereocenters. The van der Waals surface area contributed by atoms with Crippen LogP contribution in [0.1, 0.15) is 17.3 Å². The predicted octanol–water partition coefficient (Wildman–Crippen LogP) is 3.04. The normalized spacial score (nSPS) is 12.4. The Balaban J connectivity index is 2.33. The molecule has 1 N–H and O–H groups in total. The summed E-state index contributed by atoms with van der Waals surface area (Å²) in [4.78, 5) is 4.33. The summed E-state index contributed by atoms with van der Waals surface area (Å²) in [6.45, 7) is 0. The largest absolute Gasteiger partial charge is 0.308 e. The van der Waals surface area contributed by atoms with Crippen LogP contribution in [0.2, 0.25) is 5.02 Å². The van der Waals surface area contributed by atoms with Crippen LogP contribution in [0.25, 0.3) is 0 Å². The minimum atomic E-state index is 0.110.